The zero-order valence-corrected chi connectivity index (χ0v) is 11.8. The van der Waals surface area contributed by atoms with Crippen LogP contribution in [0.1, 0.15) is 39.5 Å². The van der Waals surface area contributed by atoms with E-state index in [1.54, 1.807) is 0 Å². The van der Waals surface area contributed by atoms with Crippen LogP contribution in [-0.2, 0) is 4.79 Å². The maximum absolute atomic E-state index is 12.5. The zero-order chi connectivity index (χ0) is 11.6. The van der Waals surface area contributed by atoms with Crippen LogP contribution in [-0.4, -0.2) is 37.0 Å². The van der Waals surface area contributed by atoms with Gasteiger partial charge >= 0.3 is 0 Å². The van der Waals surface area contributed by atoms with Crippen LogP contribution in [0.3, 0.4) is 0 Å². The molecule has 2 rings (SSSR count). The molecule has 2 unspecified atom stereocenters. The molecule has 2 aliphatic rings. The van der Waals surface area contributed by atoms with Crippen LogP contribution in [0.25, 0.3) is 0 Å². The molecule has 2 heterocycles. The van der Waals surface area contributed by atoms with Crippen molar-refractivity contribution in [3.05, 3.63) is 0 Å². The SMILES string of the molecule is CC1CCCN(C(=O)C2(C)CCCNC2)C1.Cl. The molecule has 2 saturated heterocycles. The van der Waals surface area contributed by atoms with Crippen LogP contribution in [0.5, 0.6) is 0 Å². The number of carbonyl (C=O) groups excluding carboxylic acids is 1. The van der Waals surface area contributed by atoms with Crippen LogP contribution in [0.15, 0.2) is 0 Å². The lowest BCUT2D eigenvalue weighted by Crippen LogP contribution is -2.52. The van der Waals surface area contributed by atoms with Crippen molar-refractivity contribution in [2.24, 2.45) is 11.3 Å². The van der Waals surface area contributed by atoms with Crippen LogP contribution in [0.2, 0.25) is 0 Å². The molecule has 0 saturated carbocycles. The van der Waals surface area contributed by atoms with E-state index in [1.807, 2.05) is 0 Å². The highest BCUT2D eigenvalue weighted by Crippen LogP contribution is 2.30. The quantitative estimate of drug-likeness (QED) is 0.783. The van der Waals surface area contributed by atoms with E-state index in [0.717, 1.165) is 39.0 Å². The first-order valence-electron chi connectivity index (χ1n) is 6.62. The van der Waals surface area contributed by atoms with Gasteiger partial charge in [0.05, 0.1) is 5.41 Å². The van der Waals surface area contributed by atoms with E-state index in [0.29, 0.717) is 11.8 Å². The number of rotatable bonds is 1. The third-order valence-corrected chi connectivity index (χ3v) is 4.06. The molecule has 100 valence electrons. The van der Waals surface area contributed by atoms with Crippen LogP contribution < -0.4 is 5.32 Å². The number of hydrogen-bond donors (Lipinski definition) is 1. The Morgan fingerprint density at radius 3 is 2.76 bits per heavy atom. The van der Waals surface area contributed by atoms with E-state index in [-0.39, 0.29) is 17.8 Å². The minimum Gasteiger partial charge on any atom is -0.342 e. The van der Waals surface area contributed by atoms with Gasteiger partial charge < -0.3 is 10.2 Å². The van der Waals surface area contributed by atoms with Gasteiger partial charge in [-0.2, -0.15) is 0 Å². The van der Waals surface area contributed by atoms with E-state index in [2.05, 4.69) is 24.1 Å². The van der Waals surface area contributed by atoms with E-state index in [9.17, 15) is 4.79 Å². The average Bonchev–Trinajstić information content (AvgIpc) is 2.29. The number of likely N-dealkylation sites (tertiary alicyclic amines) is 1. The molecule has 0 spiro atoms. The van der Waals surface area contributed by atoms with Gasteiger partial charge in [0.15, 0.2) is 0 Å². The van der Waals surface area contributed by atoms with Gasteiger partial charge in [-0.05, 0) is 45.1 Å². The fourth-order valence-corrected chi connectivity index (χ4v) is 2.99. The first-order valence-corrected chi connectivity index (χ1v) is 6.62. The lowest BCUT2D eigenvalue weighted by atomic mass is 9.80. The molecule has 1 amide bonds. The maximum Gasteiger partial charge on any atom is 0.229 e. The Hall–Kier alpha value is -0.280. The molecular weight excluding hydrogens is 236 g/mol. The lowest BCUT2D eigenvalue weighted by Gasteiger charge is -2.40. The fraction of sp³-hybridized carbons (Fsp3) is 0.923. The Morgan fingerprint density at radius 2 is 2.18 bits per heavy atom. The minimum absolute atomic E-state index is 0. The summed E-state index contributed by atoms with van der Waals surface area (Å²) < 4.78 is 0. The Morgan fingerprint density at radius 1 is 1.41 bits per heavy atom. The van der Waals surface area contributed by atoms with Gasteiger partial charge in [0.25, 0.3) is 0 Å². The average molecular weight is 261 g/mol. The van der Waals surface area contributed by atoms with Crippen molar-refractivity contribution in [2.75, 3.05) is 26.2 Å². The Labute approximate surface area is 111 Å². The molecule has 0 aromatic rings. The van der Waals surface area contributed by atoms with Gasteiger partial charge in [0.2, 0.25) is 5.91 Å². The van der Waals surface area contributed by atoms with Crippen LogP contribution >= 0.6 is 12.4 Å². The molecule has 4 heteroatoms. The summed E-state index contributed by atoms with van der Waals surface area (Å²) in [7, 11) is 0. The van der Waals surface area contributed by atoms with Crippen LogP contribution in [0.4, 0.5) is 0 Å². The summed E-state index contributed by atoms with van der Waals surface area (Å²) in [5, 5.41) is 3.36. The second kappa shape index (κ2) is 6.05. The van der Waals surface area contributed by atoms with Crippen molar-refractivity contribution in [1.29, 1.82) is 0 Å². The minimum atomic E-state index is -0.144. The number of piperidine rings is 2. The first-order chi connectivity index (χ1) is 7.62. The third kappa shape index (κ3) is 3.35. The molecule has 0 aromatic heterocycles. The number of carbonyl (C=O) groups is 1. The predicted octanol–water partition coefficient (Wildman–Crippen LogP) is 2.06. The fourth-order valence-electron chi connectivity index (χ4n) is 2.99. The summed E-state index contributed by atoms with van der Waals surface area (Å²) in [6.07, 6.45) is 4.63. The summed E-state index contributed by atoms with van der Waals surface area (Å²) in [5.74, 6) is 1.06. The van der Waals surface area contributed by atoms with Gasteiger partial charge in [0, 0.05) is 19.6 Å². The molecule has 2 fully saturated rings. The molecule has 2 atom stereocenters. The van der Waals surface area contributed by atoms with Gasteiger partial charge in [0.1, 0.15) is 0 Å². The van der Waals surface area contributed by atoms with Gasteiger partial charge in [-0.1, -0.05) is 6.92 Å². The highest BCUT2D eigenvalue weighted by Gasteiger charge is 2.38. The van der Waals surface area contributed by atoms with Crippen molar-refractivity contribution < 1.29 is 4.79 Å². The highest BCUT2D eigenvalue weighted by molar-refractivity contribution is 5.85. The number of nitrogens with one attached hydrogen (secondary N) is 1. The Bertz CT molecular complexity index is 264. The van der Waals surface area contributed by atoms with Crippen molar-refractivity contribution in [3.8, 4) is 0 Å². The summed E-state index contributed by atoms with van der Waals surface area (Å²) in [6.45, 7) is 8.24. The van der Waals surface area contributed by atoms with E-state index < -0.39 is 0 Å². The summed E-state index contributed by atoms with van der Waals surface area (Å²) >= 11 is 0. The monoisotopic (exact) mass is 260 g/mol. The molecular formula is C13H25ClN2O. The normalized spacial score (nSPS) is 34.0. The largest absolute Gasteiger partial charge is 0.342 e. The number of amides is 1. The predicted molar refractivity (Wildman–Crippen MR) is 72.4 cm³/mol. The zero-order valence-electron chi connectivity index (χ0n) is 11.0. The third-order valence-electron chi connectivity index (χ3n) is 4.06. The van der Waals surface area contributed by atoms with E-state index in [4.69, 9.17) is 0 Å². The lowest BCUT2D eigenvalue weighted by molar-refractivity contribution is -0.144. The van der Waals surface area contributed by atoms with E-state index in [1.165, 1.54) is 12.8 Å². The summed E-state index contributed by atoms with van der Waals surface area (Å²) in [5.41, 5.74) is -0.144. The summed E-state index contributed by atoms with van der Waals surface area (Å²) in [4.78, 5) is 14.6. The molecule has 1 N–H and O–H groups in total. The van der Waals surface area contributed by atoms with Crippen molar-refractivity contribution in [3.63, 3.8) is 0 Å². The molecule has 0 aromatic carbocycles. The molecule has 0 radical (unpaired) electrons. The van der Waals surface area contributed by atoms with Crippen LogP contribution in [0, 0.1) is 11.3 Å². The smallest absolute Gasteiger partial charge is 0.229 e. The van der Waals surface area contributed by atoms with Crippen molar-refractivity contribution >= 4 is 18.3 Å². The molecule has 17 heavy (non-hydrogen) atoms. The Kier molecular flexibility index (Phi) is 5.26. The molecule has 0 bridgehead atoms. The maximum atomic E-state index is 12.5. The van der Waals surface area contributed by atoms with Crippen molar-refractivity contribution in [2.45, 2.75) is 39.5 Å². The number of hydrogen-bond acceptors (Lipinski definition) is 2. The second-order valence-electron chi connectivity index (χ2n) is 5.84. The van der Waals surface area contributed by atoms with Gasteiger partial charge in [-0.3, -0.25) is 4.79 Å². The number of halogens is 1. The van der Waals surface area contributed by atoms with Crippen molar-refractivity contribution in [1.82, 2.24) is 10.2 Å². The molecule has 3 nitrogen and oxygen atoms in total. The van der Waals surface area contributed by atoms with Gasteiger partial charge in [-0.15, -0.1) is 12.4 Å². The molecule has 0 aliphatic carbocycles. The first kappa shape index (κ1) is 14.8. The number of nitrogens with zero attached hydrogens (tertiary/aromatic N) is 1. The molecule has 2 aliphatic heterocycles. The topological polar surface area (TPSA) is 32.3 Å². The second-order valence-corrected chi connectivity index (χ2v) is 5.84. The summed E-state index contributed by atoms with van der Waals surface area (Å²) in [6, 6.07) is 0. The van der Waals surface area contributed by atoms with E-state index >= 15 is 0 Å². The highest BCUT2D eigenvalue weighted by atomic mass is 35.5. The van der Waals surface area contributed by atoms with Gasteiger partial charge in [-0.25, -0.2) is 0 Å². The standard InChI is InChI=1S/C13H24N2O.ClH/c1-11-5-3-8-15(9-11)12(16)13(2)6-4-7-14-10-13;/h11,14H,3-10H2,1-2H3;1H. The Balaban J connectivity index is 0.00000144.